The number of rotatable bonds is 5. The van der Waals surface area contributed by atoms with Crippen molar-refractivity contribution >= 4 is 23.5 Å². The van der Waals surface area contributed by atoms with Gasteiger partial charge in [0.05, 0.1) is 45.2 Å². The molecule has 2 aromatic carbocycles. The highest BCUT2D eigenvalue weighted by Gasteiger charge is 2.38. The third-order valence-corrected chi connectivity index (χ3v) is 6.26. The van der Waals surface area contributed by atoms with E-state index >= 15 is 0 Å². The molecule has 0 saturated carbocycles. The predicted molar refractivity (Wildman–Crippen MR) is 131 cm³/mol. The topological polar surface area (TPSA) is 135 Å². The van der Waals surface area contributed by atoms with E-state index in [0.717, 1.165) is 12.8 Å². The van der Waals surface area contributed by atoms with E-state index in [1.54, 1.807) is 6.07 Å². The quantitative estimate of drug-likeness (QED) is 0.503. The van der Waals surface area contributed by atoms with Gasteiger partial charge >= 0.3 is 11.9 Å². The molecular weight excluding hydrogens is 484 g/mol. The fourth-order valence-corrected chi connectivity index (χ4v) is 4.49. The summed E-state index contributed by atoms with van der Waals surface area (Å²) in [5.41, 5.74) is 0.280. The summed E-state index contributed by atoms with van der Waals surface area (Å²) in [6.45, 7) is 5.50. The summed E-state index contributed by atoms with van der Waals surface area (Å²) in [4.78, 5) is 48.4. The number of esters is 1. The highest BCUT2D eigenvalue weighted by atomic mass is 16.6. The Balaban J connectivity index is 0.000000289. The van der Waals surface area contributed by atoms with Gasteiger partial charge in [0.1, 0.15) is 28.9 Å². The van der Waals surface area contributed by atoms with E-state index in [0.29, 0.717) is 12.7 Å². The van der Waals surface area contributed by atoms with Crippen molar-refractivity contribution in [2.24, 2.45) is 0 Å². The standard InChI is InChI=1S/C19H16O7.C8H14O3/c1-8-13-9(7-12(26-4)14(8)19(22)23)17(20)15-10(24-2)5-6-11(25-3)16(15)18(13)21;1-6-3-4-8(5-10-6)11-7(2)9/h5-7H,1-4H3,(H,22,23);6,8H,3-5H2,1-2H3. The zero-order chi connectivity index (χ0) is 27.4. The molecule has 2 aliphatic rings. The molecule has 2 unspecified atom stereocenters. The summed E-state index contributed by atoms with van der Waals surface area (Å²) < 4.78 is 25.9. The lowest BCUT2D eigenvalue weighted by Gasteiger charge is -2.26. The molecule has 0 amide bonds. The Bertz CT molecular complexity index is 1240. The number of fused-ring (bicyclic) bond motifs is 2. The van der Waals surface area contributed by atoms with Crippen LogP contribution in [-0.2, 0) is 14.3 Å². The van der Waals surface area contributed by atoms with Crippen LogP contribution in [-0.4, -0.2) is 68.8 Å². The predicted octanol–water partition coefficient (Wildman–Crippen LogP) is 3.61. The van der Waals surface area contributed by atoms with E-state index in [-0.39, 0.29) is 62.7 Å². The van der Waals surface area contributed by atoms with Crippen molar-refractivity contribution in [2.45, 2.75) is 45.8 Å². The monoisotopic (exact) mass is 514 g/mol. The molecule has 1 N–H and O–H groups in total. The Labute approximate surface area is 214 Å². The van der Waals surface area contributed by atoms with Crippen molar-refractivity contribution in [3.05, 3.63) is 51.6 Å². The van der Waals surface area contributed by atoms with Crippen LogP contribution in [0.25, 0.3) is 0 Å². The fourth-order valence-electron chi connectivity index (χ4n) is 4.49. The number of aromatic carboxylic acids is 1. The second kappa shape index (κ2) is 11.4. The van der Waals surface area contributed by atoms with E-state index in [1.807, 2.05) is 6.92 Å². The van der Waals surface area contributed by atoms with Gasteiger partial charge in [-0.3, -0.25) is 14.4 Å². The van der Waals surface area contributed by atoms with Gasteiger partial charge in [0, 0.05) is 18.1 Å². The number of ketones is 2. The zero-order valence-corrected chi connectivity index (χ0v) is 21.6. The first-order valence-corrected chi connectivity index (χ1v) is 11.6. The maximum Gasteiger partial charge on any atom is 0.339 e. The molecule has 1 saturated heterocycles. The number of benzene rings is 2. The molecule has 10 heteroatoms. The van der Waals surface area contributed by atoms with Crippen LogP contribution in [0.3, 0.4) is 0 Å². The maximum atomic E-state index is 13.2. The lowest BCUT2D eigenvalue weighted by molar-refractivity contribution is -0.155. The highest BCUT2D eigenvalue weighted by Crippen LogP contribution is 2.41. The smallest absolute Gasteiger partial charge is 0.339 e. The third-order valence-electron chi connectivity index (χ3n) is 6.26. The number of carbonyl (C=O) groups excluding carboxylic acids is 3. The van der Waals surface area contributed by atoms with E-state index in [9.17, 15) is 24.3 Å². The number of carbonyl (C=O) groups is 4. The summed E-state index contributed by atoms with van der Waals surface area (Å²) in [6.07, 6.45) is 2.23. The van der Waals surface area contributed by atoms with E-state index in [4.69, 9.17) is 23.7 Å². The van der Waals surface area contributed by atoms with E-state index in [2.05, 4.69) is 0 Å². The Morgan fingerprint density at radius 3 is 1.95 bits per heavy atom. The van der Waals surface area contributed by atoms with Crippen LogP contribution >= 0.6 is 0 Å². The van der Waals surface area contributed by atoms with Gasteiger partial charge < -0.3 is 28.8 Å². The lowest BCUT2D eigenvalue weighted by atomic mass is 9.79. The molecule has 10 nitrogen and oxygen atoms in total. The Hall–Kier alpha value is -3.92. The summed E-state index contributed by atoms with van der Waals surface area (Å²) in [5.74, 6) is -1.93. The fraction of sp³-hybridized carbons (Fsp3) is 0.407. The molecule has 0 spiro atoms. The van der Waals surface area contributed by atoms with Crippen LogP contribution in [0.15, 0.2) is 18.2 Å². The Morgan fingerprint density at radius 2 is 1.49 bits per heavy atom. The molecule has 198 valence electrons. The molecule has 0 aromatic heterocycles. The minimum atomic E-state index is -1.24. The molecule has 2 aromatic rings. The van der Waals surface area contributed by atoms with Gasteiger partial charge in [-0.1, -0.05) is 0 Å². The molecule has 2 atom stereocenters. The number of hydrogen-bond acceptors (Lipinski definition) is 9. The van der Waals surface area contributed by atoms with Crippen LogP contribution in [0.2, 0.25) is 0 Å². The molecule has 4 rings (SSSR count). The van der Waals surface area contributed by atoms with Crippen LogP contribution in [0.5, 0.6) is 17.2 Å². The number of hydrogen-bond donors (Lipinski definition) is 1. The first kappa shape index (κ1) is 27.7. The van der Waals surface area contributed by atoms with Crippen LogP contribution in [0.4, 0.5) is 0 Å². The van der Waals surface area contributed by atoms with Crippen molar-refractivity contribution in [1.29, 1.82) is 0 Å². The number of carboxylic acids is 1. The summed E-state index contributed by atoms with van der Waals surface area (Å²) in [6, 6.07) is 4.36. The molecule has 1 aliphatic carbocycles. The van der Waals surface area contributed by atoms with Crippen molar-refractivity contribution in [3.8, 4) is 17.2 Å². The lowest BCUT2D eigenvalue weighted by Crippen LogP contribution is -2.30. The normalized spacial score (nSPS) is 18.0. The number of methoxy groups -OCH3 is 3. The second-order valence-corrected chi connectivity index (χ2v) is 8.64. The van der Waals surface area contributed by atoms with Crippen molar-refractivity contribution < 1.29 is 48.0 Å². The van der Waals surface area contributed by atoms with Gasteiger partial charge in [-0.05, 0) is 50.5 Å². The number of carboxylic acid groups (broad SMARTS) is 1. The first-order chi connectivity index (χ1) is 17.5. The first-order valence-electron chi connectivity index (χ1n) is 11.6. The summed E-state index contributed by atoms with van der Waals surface area (Å²) in [7, 11) is 4.09. The van der Waals surface area contributed by atoms with Gasteiger partial charge in [0.2, 0.25) is 0 Å². The molecule has 37 heavy (non-hydrogen) atoms. The molecule has 1 fully saturated rings. The average Bonchev–Trinajstić information content (AvgIpc) is 2.86. The van der Waals surface area contributed by atoms with Crippen LogP contribution in [0.1, 0.15) is 74.5 Å². The zero-order valence-electron chi connectivity index (χ0n) is 21.6. The van der Waals surface area contributed by atoms with Crippen LogP contribution in [0, 0.1) is 6.92 Å². The van der Waals surface area contributed by atoms with Gasteiger partial charge in [-0.2, -0.15) is 0 Å². The minimum Gasteiger partial charge on any atom is -0.496 e. The summed E-state index contributed by atoms with van der Waals surface area (Å²) in [5, 5.41) is 9.49. The molecule has 1 aliphatic heterocycles. The SMILES string of the molecule is CC(=O)OC1CCC(C)OC1.COc1cc2c(c(C)c1C(=O)O)C(=O)c1c(OC)ccc(OC)c1C2=O. The molecule has 0 bridgehead atoms. The molecule has 0 radical (unpaired) electrons. The largest absolute Gasteiger partial charge is 0.496 e. The van der Waals surface area contributed by atoms with Crippen molar-refractivity contribution in [2.75, 3.05) is 27.9 Å². The third kappa shape index (κ3) is 5.43. The van der Waals surface area contributed by atoms with Gasteiger partial charge in [-0.15, -0.1) is 0 Å². The Morgan fingerprint density at radius 1 is 0.919 bits per heavy atom. The average molecular weight is 515 g/mol. The minimum absolute atomic E-state index is 0.0105. The van der Waals surface area contributed by atoms with Crippen molar-refractivity contribution in [1.82, 2.24) is 0 Å². The molecular formula is C27H30O10. The highest BCUT2D eigenvalue weighted by molar-refractivity contribution is 6.31. The Kier molecular flexibility index (Phi) is 8.54. The van der Waals surface area contributed by atoms with E-state index in [1.165, 1.54) is 47.3 Å². The van der Waals surface area contributed by atoms with Crippen LogP contribution < -0.4 is 14.2 Å². The van der Waals surface area contributed by atoms with Gasteiger partial charge in [0.25, 0.3) is 0 Å². The number of ether oxygens (including phenoxy) is 5. The van der Waals surface area contributed by atoms with Crippen molar-refractivity contribution in [3.63, 3.8) is 0 Å². The van der Waals surface area contributed by atoms with E-state index < -0.39 is 17.5 Å². The second-order valence-electron chi connectivity index (χ2n) is 8.64. The van der Waals surface area contributed by atoms with Gasteiger partial charge in [-0.25, -0.2) is 4.79 Å². The maximum absolute atomic E-state index is 13.2. The summed E-state index contributed by atoms with van der Waals surface area (Å²) >= 11 is 0. The van der Waals surface area contributed by atoms with Gasteiger partial charge in [0.15, 0.2) is 11.6 Å². The molecule has 1 heterocycles.